The number of aromatic nitrogens is 8. The first-order valence-corrected chi connectivity index (χ1v) is 12.4. The fraction of sp³-hybridized carbons (Fsp3) is 0.192. The van der Waals surface area contributed by atoms with Gasteiger partial charge in [0, 0.05) is 41.7 Å². The van der Waals surface area contributed by atoms with Crippen LogP contribution >= 0.6 is 11.6 Å². The second-order valence-electron chi connectivity index (χ2n) is 9.38. The zero-order valence-corrected chi connectivity index (χ0v) is 21.1. The van der Waals surface area contributed by atoms with Crippen molar-refractivity contribution in [1.29, 1.82) is 0 Å². The Hall–Kier alpha value is -4.35. The van der Waals surface area contributed by atoms with E-state index in [-0.39, 0.29) is 11.9 Å². The molecule has 2 atom stereocenters. The minimum Gasteiger partial charge on any atom is -0.356 e. The molecular formula is C26H21ClFN9O. The van der Waals surface area contributed by atoms with Crippen LogP contribution in [-0.2, 0) is 19.0 Å². The smallest absolute Gasteiger partial charge is 0.223 e. The number of rotatable bonds is 4. The predicted molar refractivity (Wildman–Crippen MR) is 137 cm³/mol. The average molecular weight is 530 g/mol. The SMILES string of the molecule is Cc1nc(C2(c3ccn(C)n3)NC(c3nc(-c4ccc(F)cc4)n[nH]3)Cc3c2[nH]c2ccc(Cl)cc32)no1. The Morgan fingerprint density at radius 2 is 1.97 bits per heavy atom. The summed E-state index contributed by atoms with van der Waals surface area (Å²) in [5.74, 6) is 1.59. The maximum Gasteiger partial charge on any atom is 0.223 e. The number of hydrogen-bond donors (Lipinski definition) is 3. The number of nitrogens with one attached hydrogen (secondary N) is 3. The molecular weight excluding hydrogens is 509 g/mol. The molecule has 1 aliphatic heterocycles. The van der Waals surface area contributed by atoms with Gasteiger partial charge in [-0.15, -0.1) is 0 Å². The number of hydrogen-bond acceptors (Lipinski definition) is 7. The fourth-order valence-corrected chi connectivity index (χ4v) is 5.40. The van der Waals surface area contributed by atoms with Crippen molar-refractivity contribution >= 4 is 22.5 Å². The molecule has 6 aromatic rings. The Labute approximate surface area is 220 Å². The first kappa shape index (κ1) is 22.8. The molecule has 0 bridgehead atoms. The van der Waals surface area contributed by atoms with Gasteiger partial charge >= 0.3 is 0 Å². The van der Waals surface area contributed by atoms with E-state index >= 15 is 0 Å². The fourth-order valence-electron chi connectivity index (χ4n) is 5.22. The van der Waals surface area contributed by atoms with Crippen LogP contribution in [0.25, 0.3) is 22.3 Å². The summed E-state index contributed by atoms with van der Waals surface area (Å²) in [7, 11) is 1.86. The van der Waals surface area contributed by atoms with Crippen molar-refractivity contribution in [2.24, 2.45) is 7.05 Å². The van der Waals surface area contributed by atoms with Crippen molar-refractivity contribution in [3.8, 4) is 11.4 Å². The monoisotopic (exact) mass is 529 g/mol. The van der Waals surface area contributed by atoms with Gasteiger partial charge in [-0.25, -0.2) is 9.37 Å². The Kier molecular flexibility index (Phi) is 5.00. The van der Waals surface area contributed by atoms with E-state index in [4.69, 9.17) is 26.2 Å². The summed E-state index contributed by atoms with van der Waals surface area (Å²) in [5.41, 5.74) is 3.09. The number of H-pyrrole nitrogens is 2. The number of benzene rings is 2. The van der Waals surface area contributed by atoms with E-state index in [2.05, 4.69) is 30.6 Å². The summed E-state index contributed by atoms with van der Waals surface area (Å²) in [6, 6.07) is 13.4. The summed E-state index contributed by atoms with van der Waals surface area (Å²) < 4.78 is 20.7. The van der Waals surface area contributed by atoms with Crippen molar-refractivity contribution in [2.45, 2.75) is 24.9 Å². The van der Waals surface area contributed by atoms with E-state index in [0.717, 1.165) is 22.2 Å². The highest BCUT2D eigenvalue weighted by atomic mass is 35.5. The van der Waals surface area contributed by atoms with Crippen molar-refractivity contribution in [3.05, 3.63) is 100 Å². The van der Waals surface area contributed by atoms with Crippen LogP contribution in [0.1, 0.15) is 40.5 Å². The predicted octanol–water partition coefficient (Wildman–Crippen LogP) is 4.35. The first-order valence-electron chi connectivity index (χ1n) is 12.0. The Bertz CT molecular complexity index is 1760. The lowest BCUT2D eigenvalue weighted by Gasteiger charge is -2.38. The van der Waals surface area contributed by atoms with Crippen LogP contribution in [0, 0.1) is 12.7 Å². The third-order valence-corrected chi connectivity index (χ3v) is 7.17. The van der Waals surface area contributed by atoms with E-state index in [1.54, 1.807) is 23.7 Å². The van der Waals surface area contributed by atoms with E-state index < -0.39 is 5.54 Å². The lowest BCUT2D eigenvalue weighted by molar-refractivity contribution is 0.310. The molecule has 0 radical (unpaired) electrons. The molecule has 0 amide bonds. The minimum absolute atomic E-state index is 0.320. The van der Waals surface area contributed by atoms with E-state index in [1.807, 2.05) is 37.5 Å². The number of halogens is 2. The molecule has 12 heteroatoms. The lowest BCUT2D eigenvalue weighted by atomic mass is 9.80. The van der Waals surface area contributed by atoms with Gasteiger partial charge in [0.15, 0.2) is 11.4 Å². The third kappa shape index (κ3) is 3.46. The van der Waals surface area contributed by atoms with Crippen molar-refractivity contribution in [2.75, 3.05) is 0 Å². The van der Waals surface area contributed by atoms with Crippen LogP contribution in [0.4, 0.5) is 4.39 Å². The van der Waals surface area contributed by atoms with Crippen LogP contribution in [-0.4, -0.2) is 40.1 Å². The lowest BCUT2D eigenvalue weighted by Crippen LogP contribution is -2.52. The van der Waals surface area contributed by atoms with Crippen LogP contribution in [0.15, 0.2) is 59.3 Å². The topological polar surface area (TPSA) is 126 Å². The molecule has 2 aromatic carbocycles. The minimum atomic E-state index is -1.09. The highest BCUT2D eigenvalue weighted by Gasteiger charge is 2.51. The molecule has 3 N–H and O–H groups in total. The molecule has 0 saturated heterocycles. The van der Waals surface area contributed by atoms with Crippen LogP contribution in [0.5, 0.6) is 0 Å². The van der Waals surface area contributed by atoms with Gasteiger partial charge in [-0.3, -0.25) is 15.1 Å². The summed E-state index contributed by atoms with van der Waals surface area (Å²) in [5, 5.41) is 22.0. The quantitative estimate of drug-likeness (QED) is 0.310. The van der Waals surface area contributed by atoms with Gasteiger partial charge in [0.05, 0.1) is 17.4 Å². The van der Waals surface area contributed by atoms with E-state index in [0.29, 0.717) is 46.1 Å². The first-order chi connectivity index (χ1) is 18.4. The van der Waals surface area contributed by atoms with Crippen molar-refractivity contribution in [1.82, 2.24) is 45.4 Å². The maximum atomic E-state index is 13.5. The molecule has 38 heavy (non-hydrogen) atoms. The van der Waals surface area contributed by atoms with Gasteiger partial charge in [0.2, 0.25) is 11.7 Å². The molecule has 0 fully saturated rings. The van der Waals surface area contributed by atoms with Crippen molar-refractivity contribution < 1.29 is 8.91 Å². The Morgan fingerprint density at radius 1 is 1.13 bits per heavy atom. The van der Waals surface area contributed by atoms with Crippen LogP contribution in [0.3, 0.4) is 0 Å². The van der Waals surface area contributed by atoms with E-state index in [9.17, 15) is 4.39 Å². The summed E-state index contributed by atoms with van der Waals surface area (Å²) in [6.07, 6.45) is 2.44. The highest BCUT2D eigenvalue weighted by Crippen LogP contribution is 2.45. The summed E-state index contributed by atoms with van der Waals surface area (Å²) >= 11 is 6.43. The molecule has 190 valence electrons. The highest BCUT2D eigenvalue weighted by molar-refractivity contribution is 6.31. The van der Waals surface area contributed by atoms with Gasteiger partial charge in [0.25, 0.3) is 0 Å². The third-order valence-electron chi connectivity index (χ3n) is 6.94. The van der Waals surface area contributed by atoms with Gasteiger partial charge in [-0.2, -0.15) is 15.2 Å². The molecule has 4 aromatic heterocycles. The average Bonchev–Trinajstić information content (AvgIpc) is 3.71. The van der Waals surface area contributed by atoms with Gasteiger partial charge in [-0.1, -0.05) is 16.8 Å². The summed E-state index contributed by atoms with van der Waals surface area (Å²) in [4.78, 5) is 13.0. The largest absolute Gasteiger partial charge is 0.356 e. The molecule has 0 saturated carbocycles. The van der Waals surface area contributed by atoms with Gasteiger partial charge in [0.1, 0.15) is 11.6 Å². The Balaban J connectivity index is 1.45. The normalized spacial score (nSPS) is 19.2. The molecule has 10 nitrogen and oxygen atoms in total. The maximum absolute atomic E-state index is 13.5. The molecule has 7 rings (SSSR count). The Morgan fingerprint density at radius 3 is 2.71 bits per heavy atom. The van der Waals surface area contributed by atoms with Gasteiger partial charge < -0.3 is 9.51 Å². The molecule has 0 aliphatic carbocycles. The van der Waals surface area contributed by atoms with Gasteiger partial charge in [-0.05, 0) is 60.5 Å². The standard InChI is InChI=1S/C26H21ClFN9O/c1-13-29-25(36-38-13)26(21-9-10-37(2)35-21)22-18(17-11-15(27)5-8-19(17)30-22)12-20(32-26)24-31-23(33-34-24)14-3-6-16(28)7-4-14/h3-11,20,30,32H,12H2,1-2H3,(H,31,33,34). The second kappa shape index (κ2) is 8.33. The molecule has 0 spiro atoms. The van der Waals surface area contributed by atoms with Crippen molar-refractivity contribution in [3.63, 3.8) is 0 Å². The number of fused-ring (bicyclic) bond motifs is 3. The second-order valence-corrected chi connectivity index (χ2v) is 9.82. The zero-order valence-electron chi connectivity index (χ0n) is 20.3. The zero-order chi connectivity index (χ0) is 26.0. The van der Waals surface area contributed by atoms with Crippen LogP contribution in [0.2, 0.25) is 5.02 Å². The molecule has 2 unspecified atom stereocenters. The van der Waals surface area contributed by atoms with Crippen LogP contribution < -0.4 is 5.32 Å². The summed E-state index contributed by atoms with van der Waals surface area (Å²) in [6.45, 7) is 1.75. The number of aromatic amines is 2. The van der Waals surface area contributed by atoms with E-state index in [1.165, 1.54) is 12.1 Å². The number of nitrogens with zero attached hydrogens (tertiary/aromatic N) is 6. The molecule has 1 aliphatic rings. The molecule has 5 heterocycles. The number of aryl methyl sites for hydroxylation is 2.